The first-order valence-corrected chi connectivity index (χ1v) is 8.90. The van der Waals surface area contributed by atoms with Crippen molar-refractivity contribution in [3.63, 3.8) is 0 Å². The Morgan fingerprint density at radius 3 is 2.62 bits per heavy atom. The van der Waals surface area contributed by atoms with Crippen LogP contribution in [0.5, 0.6) is 0 Å². The van der Waals surface area contributed by atoms with Crippen molar-refractivity contribution in [1.29, 1.82) is 0 Å². The summed E-state index contributed by atoms with van der Waals surface area (Å²) in [5, 5.41) is 4.28. The molecule has 0 aromatic carbocycles. The van der Waals surface area contributed by atoms with E-state index < -0.39 is 0 Å². The maximum absolute atomic E-state index is 4.69. The molecule has 3 aromatic heterocycles. The Morgan fingerprint density at radius 1 is 1.00 bits per heavy atom. The van der Waals surface area contributed by atoms with E-state index >= 15 is 0 Å². The van der Waals surface area contributed by atoms with E-state index in [1.165, 1.54) is 0 Å². The SMILES string of the molecule is CCNc1ccnc(N2CCN(c3nc(C)nc4cnccc34)CC2)n1. The van der Waals surface area contributed by atoms with E-state index in [0.29, 0.717) is 0 Å². The zero-order chi connectivity index (χ0) is 17.9. The summed E-state index contributed by atoms with van der Waals surface area (Å²) in [4.78, 5) is 26.9. The van der Waals surface area contributed by atoms with Crippen LogP contribution in [0.2, 0.25) is 0 Å². The molecular formula is C18H22N8. The molecule has 134 valence electrons. The summed E-state index contributed by atoms with van der Waals surface area (Å²) < 4.78 is 0. The summed E-state index contributed by atoms with van der Waals surface area (Å²) in [5.41, 5.74) is 0.888. The van der Waals surface area contributed by atoms with Gasteiger partial charge in [0, 0.05) is 50.5 Å². The highest BCUT2D eigenvalue weighted by atomic mass is 15.3. The van der Waals surface area contributed by atoms with Gasteiger partial charge in [0.1, 0.15) is 17.5 Å². The van der Waals surface area contributed by atoms with Crippen molar-refractivity contribution in [2.24, 2.45) is 0 Å². The molecule has 1 aliphatic heterocycles. The molecule has 3 aromatic rings. The van der Waals surface area contributed by atoms with Crippen LogP contribution in [-0.4, -0.2) is 57.6 Å². The number of rotatable bonds is 4. The Balaban J connectivity index is 1.53. The second kappa shape index (κ2) is 7.07. The molecule has 0 saturated carbocycles. The van der Waals surface area contributed by atoms with Crippen molar-refractivity contribution >= 4 is 28.5 Å². The molecule has 0 aliphatic carbocycles. The van der Waals surface area contributed by atoms with Crippen LogP contribution in [0.1, 0.15) is 12.7 Å². The molecule has 1 N–H and O–H groups in total. The Kier molecular flexibility index (Phi) is 4.47. The van der Waals surface area contributed by atoms with Gasteiger partial charge in [0.2, 0.25) is 5.95 Å². The van der Waals surface area contributed by atoms with Gasteiger partial charge >= 0.3 is 0 Å². The summed E-state index contributed by atoms with van der Waals surface area (Å²) in [5.74, 6) is 3.39. The number of piperazine rings is 1. The average Bonchev–Trinajstić information content (AvgIpc) is 2.68. The molecule has 0 spiro atoms. The highest BCUT2D eigenvalue weighted by molar-refractivity contribution is 5.88. The van der Waals surface area contributed by atoms with Crippen molar-refractivity contribution in [1.82, 2.24) is 24.9 Å². The fraction of sp³-hybridized carbons (Fsp3) is 0.389. The van der Waals surface area contributed by atoms with Crippen molar-refractivity contribution in [2.75, 3.05) is 47.8 Å². The number of hydrogen-bond acceptors (Lipinski definition) is 8. The van der Waals surface area contributed by atoms with Crippen LogP contribution in [0.4, 0.5) is 17.6 Å². The van der Waals surface area contributed by atoms with Gasteiger partial charge in [-0.3, -0.25) is 4.98 Å². The minimum Gasteiger partial charge on any atom is -0.370 e. The molecule has 0 atom stereocenters. The standard InChI is InChI=1S/C18H22N8/c1-3-20-16-5-7-21-18(24-16)26-10-8-25(9-11-26)17-14-4-6-19-12-15(14)22-13(2)23-17/h4-7,12H,3,8-11H2,1-2H3,(H,20,21,24). The molecule has 4 rings (SSSR count). The van der Waals surface area contributed by atoms with Crippen molar-refractivity contribution in [2.45, 2.75) is 13.8 Å². The van der Waals surface area contributed by atoms with Crippen LogP contribution >= 0.6 is 0 Å². The van der Waals surface area contributed by atoms with Crippen molar-refractivity contribution < 1.29 is 0 Å². The molecule has 0 unspecified atom stereocenters. The Hall–Kier alpha value is -3.03. The third-order valence-corrected chi connectivity index (χ3v) is 4.45. The zero-order valence-electron chi connectivity index (χ0n) is 15.1. The second-order valence-corrected chi connectivity index (χ2v) is 6.23. The van der Waals surface area contributed by atoms with Gasteiger partial charge in [0.05, 0.1) is 11.7 Å². The molecule has 8 nitrogen and oxygen atoms in total. The highest BCUT2D eigenvalue weighted by Gasteiger charge is 2.22. The number of aryl methyl sites for hydroxylation is 1. The lowest BCUT2D eigenvalue weighted by Gasteiger charge is -2.35. The molecule has 1 fully saturated rings. The lowest BCUT2D eigenvalue weighted by molar-refractivity contribution is 0.635. The van der Waals surface area contributed by atoms with Crippen molar-refractivity contribution in [3.05, 3.63) is 36.5 Å². The third kappa shape index (κ3) is 3.22. The van der Waals surface area contributed by atoms with Gasteiger partial charge in [-0.1, -0.05) is 0 Å². The van der Waals surface area contributed by atoms with Crippen LogP contribution < -0.4 is 15.1 Å². The highest BCUT2D eigenvalue weighted by Crippen LogP contribution is 2.25. The monoisotopic (exact) mass is 350 g/mol. The van der Waals surface area contributed by atoms with E-state index in [2.05, 4.69) is 47.0 Å². The molecule has 1 saturated heterocycles. The summed E-state index contributed by atoms with van der Waals surface area (Å²) in [6.45, 7) is 8.26. The van der Waals surface area contributed by atoms with Gasteiger partial charge < -0.3 is 15.1 Å². The molecule has 0 amide bonds. The van der Waals surface area contributed by atoms with Crippen LogP contribution in [-0.2, 0) is 0 Å². The predicted molar refractivity (Wildman–Crippen MR) is 103 cm³/mol. The quantitative estimate of drug-likeness (QED) is 0.764. The topological polar surface area (TPSA) is 83.0 Å². The number of nitrogens with one attached hydrogen (secondary N) is 1. The van der Waals surface area contributed by atoms with Gasteiger partial charge in [-0.2, -0.15) is 4.98 Å². The predicted octanol–water partition coefficient (Wildman–Crippen LogP) is 1.88. The van der Waals surface area contributed by atoms with Gasteiger partial charge in [0.15, 0.2) is 0 Å². The van der Waals surface area contributed by atoms with E-state index in [1.807, 2.05) is 19.1 Å². The zero-order valence-corrected chi connectivity index (χ0v) is 15.1. The Morgan fingerprint density at radius 2 is 1.81 bits per heavy atom. The fourth-order valence-corrected chi connectivity index (χ4v) is 3.22. The average molecular weight is 350 g/mol. The first-order valence-electron chi connectivity index (χ1n) is 8.90. The van der Waals surface area contributed by atoms with E-state index in [9.17, 15) is 0 Å². The van der Waals surface area contributed by atoms with Crippen LogP contribution in [0.15, 0.2) is 30.7 Å². The van der Waals surface area contributed by atoms with Gasteiger partial charge in [-0.05, 0) is 26.0 Å². The van der Waals surface area contributed by atoms with Crippen LogP contribution in [0.25, 0.3) is 10.9 Å². The maximum Gasteiger partial charge on any atom is 0.227 e. The van der Waals surface area contributed by atoms with Crippen LogP contribution in [0.3, 0.4) is 0 Å². The lowest BCUT2D eigenvalue weighted by Crippen LogP contribution is -2.47. The molecule has 0 radical (unpaired) electrons. The third-order valence-electron chi connectivity index (χ3n) is 4.45. The lowest BCUT2D eigenvalue weighted by atomic mass is 10.2. The normalized spacial score (nSPS) is 14.7. The second-order valence-electron chi connectivity index (χ2n) is 6.23. The Labute approximate surface area is 152 Å². The van der Waals surface area contributed by atoms with E-state index in [1.54, 1.807) is 18.6 Å². The first-order chi connectivity index (χ1) is 12.7. The summed E-state index contributed by atoms with van der Waals surface area (Å²) in [7, 11) is 0. The number of pyridine rings is 1. The summed E-state index contributed by atoms with van der Waals surface area (Å²) >= 11 is 0. The largest absolute Gasteiger partial charge is 0.370 e. The number of fused-ring (bicyclic) bond motifs is 1. The molecular weight excluding hydrogens is 328 g/mol. The summed E-state index contributed by atoms with van der Waals surface area (Å²) in [6.07, 6.45) is 5.39. The molecule has 0 bridgehead atoms. The summed E-state index contributed by atoms with van der Waals surface area (Å²) in [6, 6.07) is 3.88. The fourth-order valence-electron chi connectivity index (χ4n) is 3.22. The number of aromatic nitrogens is 5. The molecule has 1 aliphatic rings. The van der Waals surface area contributed by atoms with E-state index in [4.69, 9.17) is 0 Å². The van der Waals surface area contributed by atoms with Crippen LogP contribution in [0, 0.1) is 6.92 Å². The molecule has 8 heteroatoms. The van der Waals surface area contributed by atoms with E-state index in [-0.39, 0.29) is 0 Å². The smallest absolute Gasteiger partial charge is 0.227 e. The minimum atomic E-state index is 0.768. The van der Waals surface area contributed by atoms with Gasteiger partial charge in [-0.25, -0.2) is 15.0 Å². The maximum atomic E-state index is 4.69. The first kappa shape index (κ1) is 16.4. The van der Waals surface area contributed by atoms with Gasteiger partial charge in [0.25, 0.3) is 0 Å². The van der Waals surface area contributed by atoms with Gasteiger partial charge in [-0.15, -0.1) is 0 Å². The minimum absolute atomic E-state index is 0.768. The van der Waals surface area contributed by atoms with E-state index in [0.717, 1.165) is 67.0 Å². The number of nitrogens with zero attached hydrogens (tertiary/aromatic N) is 7. The number of anilines is 3. The molecule has 4 heterocycles. The Bertz CT molecular complexity index is 905. The molecule has 26 heavy (non-hydrogen) atoms. The van der Waals surface area contributed by atoms with Crippen molar-refractivity contribution in [3.8, 4) is 0 Å². The number of hydrogen-bond donors (Lipinski definition) is 1.